The molecule has 0 bridgehead atoms. The summed E-state index contributed by atoms with van der Waals surface area (Å²) in [6.07, 6.45) is 12.0. The molecular weight excluding hydrogens is 352 g/mol. The quantitative estimate of drug-likeness (QED) is 0.279. The first-order valence-corrected chi connectivity index (χ1v) is 10.4. The van der Waals surface area contributed by atoms with Crippen LogP contribution in [0.15, 0.2) is 36.7 Å². The lowest BCUT2D eigenvalue weighted by atomic mass is 10.1. The van der Waals surface area contributed by atoms with Crippen LogP contribution >= 0.6 is 0 Å². The minimum atomic E-state index is -0.577. The normalized spacial score (nSPS) is 12.0. The van der Waals surface area contributed by atoms with Gasteiger partial charge >= 0.3 is 5.97 Å². The van der Waals surface area contributed by atoms with Gasteiger partial charge in [0, 0.05) is 24.6 Å². The highest BCUT2D eigenvalue weighted by Gasteiger charge is 2.15. The molecule has 1 unspecified atom stereocenters. The first-order chi connectivity index (χ1) is 13.6. The van der Waals surface area contributed by atoms with Crippen molar-refractivity contribution in [2.75, 3.05) is 6.61 Å². The van der Waals surface area contributed by atoms with Gasteiger partial charge in [-0.15, -0.1) is 0 Å². The van der Waals surface area contributed by atoms with Crippen molar-refractivity contribution in [2.24, 2.45) is 0 Å². The third kappa shape index (κ3) is 7.39. The number of aromatic nitrogens is 2. The summed E-state index contributed by atoms with van der Waals surface area (Å²) >= 11 is 0. The average molecular weight is 385 g/mol. The van der Waals surface area contributed by atoms with Gasteiger partial charge in [0.05, 0.1) is 0 Å². The predicted octanol–water partition coefficient (Wildman–Crippen LogP) is 5.38. The average Bonchev–Trinajstić information content (AvgIpc) is 2.72. The fourth-order valence-corrected chi connectivity index (χ4v) is 2.93. The zero-order valence-corrected chi connectivity index (χ0v) is 17.3. The number of unbranched alkanes of at least 4 members (excludes halogenated alkanes) is 5. The standard InChI is InChI=1S/C23H32N2O3/c1-4-6-7-8-9-10-11-19-16-24-22(25-17-19)20-12-14-21(15-13-20)28-23(26)18(3)27-5-2/h12-18H,4-11H2,1-3H3. The predicted molar refractivity (Wildman–Crippen MR) is 111 cm³/mol. The number of nitrogens with zero attached hydrogens (tertiary/aromatic N) is 2. The molecule has 0 amide bonds. The first kappa shape index (κ1) is 22.0. The number of rotatable bonds is 12. The van der Waals surface area contributed by atoms with Gasteiger partial charge in [0.15, 0.2) is 11.9 Å². The number of aryl methyl sites for hydroxylation is 1. The zero-order chi connectivity index (χ0) is 20.2. The molecule has 2 aromatic rings. The van der Waals surface area contributed by atoms with Crippen molar-refractivity contribution >= 4 is 5.97 Å². The second-order valence-corrected chi connectivity index (χ2v) is 6.98. The fraction of sp³-hybridized carbons (Fsp3) is 0.522. The highest BCUT2D eigenvalue weighted by molar-refractivity contribution is 5.77. The molecule has 0 aliphatic heterocycles. The van der Waals surface area contributed by atoms with E-state index in [9.17, 15) is 4.79 Å². The van der Waals surface area contributed by atoms with Gasteiger partial charge < -0.3 is 9.47 Å². The molecule has 1 aromatic carbocycles. The van der Waals surface area contributed by atoms with Crippen molar-refractivity contribution in [3.05, 3.63) is 42.2 Å². The highest BCUT2D eigenvalue weighted by Crippen LogP contribution is 2.20. The van der Waals surface area contributed by atoms with Crippen LogP contribution in [0.2, 0.25) is 0 Å². The first-order valence-electron chi connectivity index (χ1n) is 10.4. The van der Waals surface area contributed by atoms with Crippen molar-refractivity contribution in [1.29, 1.82) is 0 Å². The van der Waals surface area contributed by atoms with Gasteiger partial charge in [0.1, 0.15) is 5.75 Å². The molecule has 0 radical (unpaired) electrons. The molecule has 0 spiro atoms. The topological polar surface area (TPSA) is 61.3 Å². The number of hydrogen-bond donors (Lipinski definition) is 0. The molecule has 0 N–H and O–H groups in total. The van der Waals surface area contributed by atoms with Gasteiger partial charge in [-0.3, -0.25) is 0 Å². The van der Waals surface area contributed by atoms with Crippen LogP contribution in [-0.4, -0.2) is 28.6 Å². The largest absolute Gasteiger partial charge is 0.425 e. The van der Waals surface area contributed by atoms with Gasteiger partial charge in [0.2, 0.25) is 0 Å². The Hall–Kier alpha value is -2.27. The van der Waals surface area contributed by atoms with Crippen LogP contribution in [0.3, 0.4) is 0 Å². The molecule has 0 aliphatic rings. The van der Waals surface area contributed by atoms with E-state index in [1.165, 1.54) is 44.1 Å². The lowest BCUT2D eigenvalue weighted by Gasteiger charge is -2.11. The SMILES string of the molecule is CCCCCCCCc1cnc(-c2ccc(OC(=O)C(C)OCC)cc2)nc1. The number of benzene rings is 1. The molecule has 0 saturated heterocycles. The van der Waals surface area contributed by atoms with Crippen LogP contribution in [0, 0.1) is 0 Å². The summed E-state index contributed by atoms with van der Waals surface area (Å²) in [7, 11) is 0. The third-order valence-corrected chi connectivity index (χ3v) is 4.60. The van der Waals surface area contributed by atoms with Gasteiger partial charge in [-0.05, 0) is 56.5 Å². The molecule has 152 valence electrons. The second kappa shape index (κ2) is 12.2. The lowest BCUT2D eigenvalue weighted by Crippen LogP contribution is -2.25. The van der Waals surface area contributed by atoms with Crippen molar-refractivity contribution < 1.29 is 14.3 Å². The molecule has 5 nitrogen and oxygen atoms in total. The number of ether oxygens (including phenoxy) is 2. The third-order valence-electron chi connectivity index (χ3n) is 4.60. The summed E-state index contributed by atoms with van der Waals surface area (Å²) < 4.78 is 10.6. The highest BCUT2D eigenvalue weighted by atomic mass is 16.6. The van der Waals surface area contributed by atoms with E-state index in [1.54, 1.807) is 19.1 Å². The van der Waals surface area contributed by atoms with Crippen LogP contribution in [0.25, 0.3) is 11.4 Å². The van der Waals surface area contributed by atoms with Crippen LogP contribution < -0.4 is 4.74 Å². The summed E-state index contributed by atoms with van der Waals surface area (Å²) in [6, 6.07) is 7.21. The van der Waals surface area contributed by atoms with Crippen LogP contribution in [0.4, 0.5) is 0 Å². The Morgan fingerprint density at radius 2 is 1.61 bits per heavy atom. The van der Waals surface area contributed by atoms with Crippen molar-refractivity contribution in [1.82, 2.24) is 9.97 Å². The molecule has 5 heteroatoms. The Labute approximate surface area is 168 Å². The molecule has 0 aliphatic carbocycles. The number of carbonyl (C=O) groups excluding carboxylic acids is 1. The van der Waals surface area contributed by atoms with Crippen molar-refractivity contribution in [3.63, 3.8) is 0 Å². The van der Waals surface area contributed by atoms with Gasteiger partial charge in [-0.1, -0.05) is 39.0 Å². The van der Waals surface area contributed by atoms with Crippen LogP contribution in [-0.2, 0) is 16.0 Å². The lowest BCUT2D eigenvalue weighted by molar-refractivity contribution is -0.145. The zero-order valence-electron chi connectivity index (χ0n) is 17.3. The van der Waals surface area contributed by atoms with E-state index in [0.29, 0.717) is 18.2 Å². The van der Waals surface area contributed by atoms with Crippen molar-refractivity contribution in [3.8, 4) is 17.1 Å². The van der Waals surface area contributed by atoms with E-state index < -0.39 is 12.1 Å². The number of hydrogen-bond acceptors (Lipinski definition) is 5. The smallest absolute Gasteiger partial charge is 0.340 e. The molecule has 1 aromatic heterocycles. The maximum absolute atomic E-state index is 11.9. The van der Waals surface area contributed by atoms with E-state index in [1.807, 2.05) is 31.5 Å². The molecule has 1 heterocycles. The number of esters is 1. The molecule has 28 heavy (non-hydrogen) atoms. The Kier molecular flexibility index (Phi) is 9.63. The summed E-state index contributed by atoms with van der Waals surface area (Å²) in [6.45, 7) is 6.24. The number of carbonyl (C=O) groups is 1. The monoisotopic (exact) mass is 384 g/mol. The van der Waals surface area contributed by atoms with E-state index in [2.05, 4.69) is 16.9 Å². The van der Waals surface area contributed by atoms with Gasteiger partial charge in [-0.2, -0.15) is 0 Å². The fourth-order valence-electron chi connectivity index (χ4n) is 2.93. The summed E-state index contributed by atoms with van der Waals surface area (Å²) in [5.74, 6) is 0.761. The molecule has 0 saturated carbocycles. The second-order valence-electron chi connectivity index (χ2n) is 6.98. The van der Waals surface area contributed by atoms with Crippen molar-refractivity contribution in [2.45, 2.75) is 71.8 Å². The minimum Gasteiger partial charge on any atom is -0.425 e. The van der Waals surface area contributed by atoms with Crippen LogP contribution in [0.1, 0.15) is 64.9 Å². The summed E-state index contributed by atoms with van der Waals surface area (Å²) in [5.41, 5.74) is 2.07. The van der Waals surface area contributed by atoms with E-state index in [-0.39, 0.29) is 0 Å². The van der Waals surface area contributed by atoms with E-state index in [0.717, 1.165) is 12.0 Å². The maximum atomic E-state index is 11.9. The van der Waals surface area contributed by atoms with Gasteiger partial charge in [0.25, 0.3) is 0 Å². The van der Waals surface area contributed by atoms with E-state index >= 15 is 0 Å². The van der Waals surface area contributed by atoms with Gasteiger partial charge in [-0.25, -0.2) is 14.8 Å². The minimum absolute atomic E-state index is 0.398. The molecule has 2 rings (SSSR count). The molecular formula is C23H32N2O3. The summed E-state index contributed by atoms with van der Waals surface area (Å²) in [5, 5.41) is 0. The summed E-state index contributed by atoms with van der Waals surface area (Å²) in [4.78, 5) is 20.8. The van der Waals surface area contributed by atoms with E-state index in [4.69, 9.17) is 9.47 Å². The molecule has 1 atom stereocenters. The maximum Gasteiger partial charge on any atom is 0.340 e. The molecule has 0 fully saturated rings. The Balaban J connectivity index is 1.84. The Morgan fingerprint density at radius 1 is 0.964 bits per heavy atom. The van der Waals surface area contributed by atoms with Crippen LogP contribution in [0.5, 0.6) is 5.75 Å². The Morgan fingerprint density at radius 3 is 2.25 bits per heavy atom. The Bertz CT molecular complexity index is 699.